The zero-order valence-electron chi connectivity index (χ0n) is 15.1. The molecule has 0 spiro atoms. The highest BCUT2D eigenvalue weighted by atomic mass is 35.5. The number of amides is 3. The Hall–Kier alpha value is -2.57. The van der Waals surface area contributed by atoms with Crippen LogP contribution >= 0.6 is 11.6 Å². The minimum absolute atomic E-state index is 0.000674. The second-order valence-electron chi connectivity index (χ2n) is 6.30. The van der Waals surface area contributed by atoms with Crippen molar-refractivity contribution >= 4 is 34.9 Å². The number of carbonyl (C=O) groups excluding carboxylic acids is 2. The molecule has 7 heteroatoms. The molecule has 1 aliphatic heterocycles. The Morgan fingerprint density at radius 3 is 2.56 bits per heavy atom. The van der Waals surface area contributed by atoms with Gasteiger partial charge in [0, 0.05) is 22.9 Å². The van der Waals surface area contributed by atoms with Crippen LogP contribution in [-0.2, 0) is 16.0 Å². The van der Waals surface area contributed by atoms with E-state index in [1.807, 2.05) is 24.3 Å². The molecule has 27 heavy (non-hydrogen) atoms. The molecule has 3 rings (SSSR count). The maximum absolute atomic E-state index is 12.2. The van der Waals surface area contributed by atoms with Crippen LogP contribution in [0.15, 0.2) is 48.5 Å². The topological polar surface area (TPSA) is 70.7 Å². The Balaban J connectivity index is 1.53. The first-order valence-corrected chi connectivity index (χ1v) is 9.24. The molecule has 0 bridgehead atoms. The van der Waals surface area contributed by atoms with Crippen molar-refractivity contribution in [2.24, 2.45) is 0 Å². The van der Waals surface area contributed by atoms with Crippen LogP contribution in [0.5, 0.6) is 0 Å². The lowest BCUT2D eigenvalue weighted by atomic mass is 10.1. The quantitative estimate of drug-likeness (QED) is 0.825. The Kier molecular flexibility index (Phi) is 6.32. The second kappa shape index (κ2) is 8.88. The molecule has 1 saturated heterocycles. The van der Waals surface area contributed by atoms with Crippen molar-refractivity contribution in [1.29, 1.82) is 0 Å². The number of halogens is 1. The third-order valence-electron chi connectivity index (χ3n) is 4.38. The number of rotatable bonds is 5. The van der Waals surface area contributed by atoms with Crippen molar-refractivity contribution in [2.45, 2.75) is 19.4 Å². The molecule has 1 fully saturated rings. The van der Waals surface area contributed by atoms with Gasteiger partial charge in [0.25, 0.3) is 5.91 Å². The number of anilines is 2. The summed E-state index contributed by atoms with van der Waals surface area (Å²) in [7, 11) is 0. The highest BCUT2D eigenvalue weighted by molar-refractivity contribution is 6.30. The van der Waals surface area contributed by atoms with Gasteiger partial charge in [0.15, 0.2) is 0 Å². The van der Waals surface area contributed by atoms with Gasteiger partial charge in [0.2, 0.25) is 0 Å². The summed E-state index contributed by atoms with van der Waals surface area (Å²) in [5.74, 6) is -0.0823. The predicted octanol–water partition coefficient (Wildman–Crippen LogP) is 3.46. The maximum atomic E-state index is 12.2. The van der Waals surface area contributed by atoms with Gasteiger partial charge in [-0.15, -0.1) is 0 Å². The maximum Gasteiger partial charge on any atom is 0.319 e. The number of carbonyl (C=O) groups is 2. The second-order valence-corrected chi connectivity index (χ2v) is 6.74. The first kappa shape index (κ1) is 19.2. The molecule has 1 aliphatic rings. The minimum Gasteiger partial charge on any atom is -0.365 e. The van der Waals surface area contributed by atoms with E-state index in [9.17, 15) is 9.59 Å². The molecule has 1 unspecified atom stereocenters. The van der Waals surface area contributed by atoms with Crippen LogP contribution in [0.2, 0.25) is 5.02 Å². The zero-order valence-corrected chi connectivity index (χ0v) is 15.8. The first-order valence-electron chi connectivity index (χ1n) is 8.86. The lowest BCUT2D eigenvalue weighted by Crippen LogP contribution is -2.51. The van der Waals surface area contributed by atoms with Crippen molar-refractivity contribution in [2.75, 3.05) is 29.9 Å². The summed E-state index contributed by atoms with van der Waals surface area (Å²) in [6.45, 7) is 2.79. The molecule has 6 nitrogen and oxygen atoms in total. The molecule has 3 amide bonds. The number of urea groups is 1. The Labute approximate surface area is 163 Å². The summed E-state index contributed by atoms with van der Waals surface area (Å²) < 4.78 is 5.55. The monoisotopic (exact) mass is 387 g/mol. The van der Waals surface area contributed by atoms with Crippen molar-refractivity contribution in [3.05, 3.63) is 59.1 Å². The summed E-state index contributed by atoms with van der Waals surface area (Å²) >= 11 is 5.83. The SMILES string of the molecule is CCc1ccc(N2CC(CNC(=O)Nc3ccc(Cl)cc3)OCC2=O)cc1. The third kappa shape index (κ3) is 5.21. The van der Waals surface area contributed by atoms with E-state index in [1.165, 1.54) is 5.56 Å². The highest BCUT2D eigenvalue weighted by Gasteiger charge is 2.27. The Morgan fingerprint density at radius 1 is 1.19 bits per heavy atom. The Morgan fingerprint density at radius 2 is 1.89 bits per heavy atom. The molecule has 2 aromatic rings. The van der Waals surface area contributed by atoms with Crippen LogP contribution in [0.25, 0.3) is 0 Å². The molecule has 142 valence electrons. The van der Waals surface area contributed by atoms with E-state index in [0.29, 0.717) is 23.8 Å². The van der Waals surface area contributed by atoms with E-state index in [0.717, 1.165) is 12.1 Å². The van der Waals surface area contributed by atoms with Crippen LogP contribution < -0.4 is 15.5 Å². The number of aryl methyl sites for hydroxylation is 1. The standard InChI is InChI=1S/C20H22ClN3O3/c1-2-14-3-9-17(10-4-14)24-12-18(27-13-19(24)25)11-22-20(26)23-16-7-5-15(21)6-8-16/h3-10,18H,2,11-13H2,1H3,(H2,22,23,26). The Bertz CT molecular complexity index is 793. The smallest absolute Gasteiger partial charge is 0.319 e. The summed E-state index contributed by atoms with van der Waals surface area (Å²) in [5.41, 5.74) is 2.71. The molecule has 0 aromatic heterocycles. The van der Waals surface area contributed by atoms with Gasteiger partial charge in [0.05, 0.1) is 12.6 Å². The molecule has 0 saturated carbocycles. The first-order chi connectivity index (χ1) is 13.0. The number of nitrogens with one attached hydrogen (secondary N) is 2. The minimum atomic E-state index is -0.336. The molecule has 2 N–H and O–H groups in total. The van der Waals surface area contributed by atoms with Gasteiger partial charge in [-0.25, -0.2) is 4.79 Å². The van der Waals surface area contributed by atoms with Crippen molar-refractivity contribution in [3.63, 3.8) is 0 Å². The summed E-state index contributed by atoms with van der Waals surface area (Å²) in [4.78, 5) is 25.9. The van der Waals surface area contributed by atoms with Crippen LogP contribution in [0, 0.1) is 0 Å². The molecular formula is C20H22ClN3O3. The van der Waals surface area contributed by atoms with Gasteiger partial charge >= 0.3 is 6.03 Å². The van der Waals surface area contributed by atoms with Gasteiger partial charge in [-0.05, 0) is 48.4 Å². The van der Waals surface area contributed by atoms with Crippen molar-refractivity contribution < 1.29 is 14.3 Å². The fourth-order valence-electron chi connectivity index (χ4n) is 2.82. The van der Waals surface area contributed by atoms with Gasteiger partial charge in [-0.2, -0.15) is 0 Å². The van der Waals surface area contributed by atoms with Crippen LogP contribution in [-0.4, -0.2) is 37.7 Å². The van der Waals surface area contributed by atoms with E-state index in [1.54, 1.807) is 29.2 Å². The largest absolute Gasteiger partial charge is 0.365 e. The van der Waals surface area contributed by atoms with E-state index >= 15 is 0 Å². The number of ether oxygens (including phenoxy) is 1. The molecule has 2 aromatic carbocycles. The van der Waals surface area contributed by atoms with Crippen LogP contribution in [0.3, 0.4) is 0 Å². The zero-order chi connectivity index (χ0) is 19.2. The van der Waals surface area contributed by atoms with E-state index in [2.05, 4.69) is 17.6 Å². The normalized spacial score (nSPS) is 16.9. The van der Waals surface area contributed by atoms with E-state index < -0.39 is 0 Å². The predicted molar refractivity (Wildman–Crippen MR) is 106 cm³/mol. The number of hydrogen-bond acceptors (Lipinski definition) is 3. The summed E-state index contributed by atoms with van der Waals surface area (Å²) in [6.07, 6.45) is 0.677. The molecular weight excluding hydrogens is 366 g/mol. The molecule has 0 radical (unpaired) electrons. The third-order valence-corrected chi connectivity index (χ3v) is 4.63. The summed E-state index contributed by atoms with van der Waals surface area (Å²) in [6, 6.07) is 14.4. The van der Waals surface area contributed by atoms with Gasteiger partial charge in [-0.3, -0.25) is 4.79 Å². The molecule has 1 heterocycles. The lowest BCUT2D eigenvalue weighted by Gasteiger charge is -2.33. The number of nitrogens with zero attached hydrogens (tertiary/aromatic N) is 1. The fraction of sp³-hybridized carbons (Fsp3) is 0.300. The van der Waals surface area contributed by atoms with Crippen LogP contribution in [0.1, 0.15) is 12.5 Å². The average Bonchev–Trinajstić information content (AvgIpc) is 2.69. The van der Waals surface area contributed by atoms with Gasteiger partial charge in [0.1, 0.15) is 6.61 Å². The highest BCUT2D eigenvalue weighted by Crippen LogP contribution is 2.19. The fourth-order valence-corrected chi connectivity index (χ4v) is 2.95. The van der Waals surface area contributed by atoms with Gasteiger partial charge < -0.3 is 20.3 Å². The number of morpholine rings is 1. The van der Waals surface area contributed by atoms with Crippen molar-refractivity contribution in [3.8, 4) is 0 Å². The average molecular weight is 388 g/mol. The molecule has 0 aliphatic carbocycles. The van der Waals surface area contributed by atoms with E-state index in [-0.39, 0.29) is 24.6 Å². The summed E-state index contributed by atoms with van der Waals surface area (Å²) in [5, 5.41) is 6.11. The van der Waals surface area contributed by atoms with Gasteiger partial charge in [-0.1, -0.05) is 30.7 Å². The number of benzene rings is 2. The van der Waals surface area contributed by atoms with E-state index in [4.69, 9.17) is 16.3 Å². The van der Waals surface area contributed by atoms with Crippen LogP contribution in [0.4, 0.5) is 16.2 Å². The molecule has 1 atom stereocenters. The van der Waals surface area contributed by atoms with Crippen molar-refractivity contribution in [1.82, 2.24) is 5.32 Å². The number of hydrogen-bond donors (Lipinski definition) is 2. The lowest BCUT2D eigenvalue weighted by molar-refractivity contribution is -0.129.